The Labute approximate surface area is 225 Å². The molecule has 0 radical (unpaired) electrons. The van der Waals surface area contributed by atoms with Crippen molar-refractivity contribution >= 4 is 16.8 Å². The van der Waals surface area contributed by atoms with Gasteiger partial charge in [0.25, 0.3) is 0 Å². The second-order valence-electron chi connectivity index (χ2n) is 11.1. The largest absolute Gasteiger partial charge is 0.395 e. The molecule has 3 aliphatic rings. The number of amides is 1. The molecule has 0 unspecified atom stereocenters. The number of benzene rings is 2. The van der Waals surface area contributed by atoms with Crippen molar-refractivity contribution < 1.29 is 19.0 Å². The fourth-order valence-corrected chi connectivity index (χ4v) is 6.70. The Morgan fingerprint density at radius 1 is 1.08 bits per heavy atom. The van der Waals surface area contributed by atoms with Crippen LogP contribution in [0.25, 0.3) is 10.9 Å². The SMILES string of the molecule is COC.O=C(C1CCC1)N1CCC2(CC1)CN(Cc1ccccc1F)Cc1c2c2ccccc2n1CCO. The minimum atomic E-state index is -0.163. The van der Waals surface area contributed by atoms with Gasteiger partial charge in [-0.05, 0) is 43.4 Å². The van der Waals surface area contributed by atoms with Gasteiger partial charge in [0, 0.05) is 87.0 Å². The van der Waals surface area contributed by atoms with Crippen molar-refractivity contribution in [2.75, 3.05) is 40.5 Å². The quantitative estimate of drug-likeness (QED) is 0.528. The van der Waals surface area contributed by atoms with E-state index in [0.29, 0.717) is 24.6 Å². The second-order valence-corrected chi connectivity index (χ2v) is 11.1. The summed E-state index contributed by atoms with van der Waals surface area (Å²) in [4.78, 5) is 17.5. The standard InChI is InChI=1S/C29H34FN3O2.C2H6O/c30-24-10-3-1-6-22(24)18-31-19-26-27(23-9-2-4-11-25(23)33(26)16-17-34)29(20-31)12-14-32(15-13-29)28(35)21-7-5-8-21;1-3-2/h1-4,6,9-11,21,34H,5,7-8,12-20H2;1-2H3. The first-order valence-corrected chi connectivity index (χ1v) is 13.9. The van der Waals surface area contributed by atoms with Gasteiger partial charge in [-0.3, -0.25) is 9.69 Å². The van der Waals surface area contributed by atoms with Crippen molar-refractivity contribution in [2.45, 2.75) is 57.2 Å². The van der Waals surface area contributed by atoms with Gasteiger partial charge in [0.15, 0.2) is 0 Å². The van der Waals surface area contributed by atoms with Crippen LogP contribution in [0, 0.1) is 11.7 Å². The highest BCUT2D eigenvalue weighted by Gasteiger charge is 2.46. The zero-order valence-electron chi connectivity index (χ0n) is 22.7. The molecule has 2 fully saturated rings. The number of piperidine rings is 1. The Morgan fingerprint density at radius 2 is 1.76 bits per heavy atom. The molecule has 2 aliphatic heterocycles. The van der Waals surface area contributed by atoms with Crippen LogP contribution in [0.5, 0.6) is 0 Å². The molecular weight excluding hydrogens is 481 g/mol. The number of carbonyl (C=O) groups excluding carboxylic acids is 1. The lowest BCUT2D eigenvalue weighted by Gasteiger charge is -2.49. The van der Waals surface area contributed by atoms with Crippen molar-refractivity contribution in [3.05, 3.63) is 71.2 Å². The number of carbonyl (C=O) groups is 1. The summed E-state index contributed by atoms with van der Waals surface area (Å²) in [6.45, 7) is 4.32. The molecule has 204 valence electrons. The van der Waals surface area contributed by atoms with Crippen molar-refractivity contribution in [2.24, 2.45) is 5.92 Å². The average molecular weight is 522 g/mol. The summed E-state index contributed by atoms with van der Waals surface area (Å²) in [7, 11) is 3.25. The summed E-state index contributed by atoms with van der Waals surface area (Å²) in [5, 5.41) is 11.2. The van der Waals surface area contributed by atoms with E-state index in [2.05, 4.69) is 43.4 Å². The molecule has 3 aromatic rings. The molecule has 0 atom stereocenters. The van der Waals surface area contributed by atoms with Crippen molar-refractivity contribution in [1.82, 2.24) is 14.4 Å². The molecule has 1 saturated carbocycles. The van der Waals surface area contributed by atoms with E-state index in [1.807, 2.05) is 12.1 Å². The van der Waals surface area contributed by atoms with E-state index >= 15 is 0 Å². The first-order valence-electron chi connectivity index (χ1n) is 13.9. The third-order valence-corrected chi connectivity index (χ3v) is 8.67. The van der Waals surface area contributed by atoms with Gasteiger partial charge in [0.1, 0.15) is 5.82 Å². The third kappa shape index (κ3) is 4.99. The molecule has 1 aliphatic carbocycles. The Kier molecular flexibility index (Phi) is 8.17. The fraction of sp³-hybridized carbons (Fsp3) is 0.516. The molecule has 1 N–H and O–H groups in total. The lowest BCUT2D eigenvalue weighted by atomic mass is 9.69. The predicted molar refractivity (Wildman–Crippen MR) is 147 cm³/mol. The number of aliphatic hydroxyl groups excluding tert-OH is 1. The number of aromatic nitrogens is 1. The number of para-hydroxylation sites is 1. The molecule has 38 heavy (non-hydrogen) atoms. The third-order valence-electron chi connectivity index (χ3n) is 8.67. The summed E-state index contributed by atoms with van der Waals surface area (Å²) in [5.74, 6) is 0.409. The number of fused-ring (bicyclic) bond motifs is 4. The van der Waals surface area contributed by atoms with Crippen LogP contribution in [0.4, 0.5) is 4.39 Å². The summed E-state index contributed by atoms with van der Waals surface area (Å²) < 4.78 is 21.1. The Hall–Kier alpha value is -2.74. The fourth-order valence-electron chi connectivity index (χ4n) is 6.70. The van der Waals surface area contributed by atoms with Gasteiger partial charge in [0.2, 0.25) is 5.91 Å². The number of hydrogen-bond donors (Lipinski definition) is 1. The molecule has 6 nitrogen and oxygen atoms in total. The molecule has 1 aromatic heterocycles. The molecule has 7 heteroatoms. The highest BCUT2D eigenvalue weighted by Crippen LogP contribution is 2.47. The van der Waals surface area contributed by atoms with E-state index in [0.717, 1.165) is 57.4 Å². The van der Waals surface area contributed by atoms with Crippen LogP contribution >= 0.6 is 0 Å². The minimum absolute atomic E-state index is 0.0785. The van der Waals surface area contributed by atoms with E-state index < -0.39 is 0 Å². The van der Waals surface area contributed by atoms with Crippen molar-refractivity contribution in [1.29, 1.82) is 0 Å². The molecule has 1 saturated heterocycles. The number of halogens is 1. The maximum atomic E-state index is 14.6. The number of methoxy groups -OCH3 is 1. The number of aliphatic hydroxyl groups is 1. The van der Waals surface area contributed by atoms with E-state index in [9.17, 15) is 14.3 Å². The van der Waals surface area contributed by atoms with Crippen LogP contribution in [0.2, 0.25) is 0 Å². The predicted octanol–water partition coefficient (Wildman–Crippen LogP) is 4.71. The van der Waals surface area contributed by atoms with Gasteiger partial charge < -0.3 is 19.3 Å². The Balaban J connectivity index is 0.000000937. The highest BCUT2D eigenvalue weighted by molar-refractivity contribution is 5.87. The highest BCUT2D eigenvalue weighted by atomic mass is 19.1. The van der Waals surface area contributed by atoms with E-state index in [1.54, 1.807) is 20.3 Å². The minimum Gasteiger partial charge on any atom is -0.395 e. The van der Waals surface area contributed by atoms with Gasteiger partial charge in [0.05, 0.1) is 6.61 Å². The number of ether oxygens (including phenoxy) is 1. The average Bonchev–Trinajstić information content (AvgIpc) is 3.20. The first kappa shape index (κ1) is 26.9. The molecule has 6 rings (SSSR count). The maximum Gasteiger partial charge on any atom is 0.225 e. The van der Waals surface area contributed by atoms with Gasteiger partial charge in [-0.2, -0.15) is 0 Å². The number of hydrogen-bond acceptors (Lipinski definition) is 4. The van der Waals surface area contributed by atoms with Crippen LogP contribution in [0.15, 0.2) is 48.5 Å². The summed E-state index contributed by atoms with van der Waals surface area (Å²) >= 11 is 0. The monoisotopic (exact) mass is 521 g/mol. The molecule has 3 heterocycles. The normalized spacial score (nSPS) is 19.1. The zero-order valence-corrected chi connectivity index (χ0v) is 22.7. The molecule has 1 spiro atoms. The Morgan fingerprint density at radius 3 is 2.42 bits per heavy atom. The first-order chi connectivity index (χ1) is 18.5. The zero-order chi connectivity index (χ0) is 26.7. The van der Waals surface area contributed by atoms with Gasteiger partial charge >= 0.3 is 0 Å². The molecule has 1 amide bonds. The number of nitrogens with zero attached hydrogens (tertiary/aromatic N) is 3. The molecular formula is C31H40FN3O3. The van der Waals surface area contributed by atoms with Crippen LogP contribution in [-0.4, -0.2) is 65.8 Å². The maximum absolute atomic E-state index is 14.6. The van der Waals surface area contributed by atoms with Gasteiger partial charge in [-0.25, -0.2) is 4.39 Å². The van der Waals surface area contributed by atoms with Crippen LogP contribution in [-0.2, 0) is 34.6 Å². The Bertz CT molecular complexity index is 1260. The second kappa shape index (κ2) is 11.6. The topological polar surface area (TPSA) is 57.9 Å². The lowest BCUT2D eigenvalue weighted by Crippen LogP contribution is -2.54. The van der Waals surface area contributed by atoms with Crippen LogP contribution in [0.3, 0.4) is 0 Å². The summed E-state index contributed by atoms with van der Waals surface area (Å²) in [6.07, 6.45) is 5.08. The summed E-state index contributed by atoms with van der Waals surface area (Å²) in [5.41, 5.74) is 4.42. The van der Waals surface area contributed by atoms with Crippen molar-refractivity contribution in [3.8, 4) is 0 Å². The molecule has 2 aromatic carbocycles. The van der Waals surface area contributed by atoms with Gasteiger partial charge in [-0.1, -0.05) is 42.8 Å². The summed E-state index contributed by atoms with van der Waals surface area (Å²) in [6, 6.07) is 15.6. The van der Waals surface area contributed by atoms with E-state index in [-0.39, 0.29) is 23.8 Å². The van der Waals surface area contributed by atoms with E-state index in [4.69, 9.17) is 0 Å². The van der Waals surface area contributed by atoms with Crippen molar-refractivity contribution in [3.63, 3.8) is 0 Å². The molecule has 0 bridgehead atoms. The van der Waals surface area contributed by atoms with Crippen LogP contribution in [0.1, 0.15) is 48.9 Å². The van der Waals surface area contributed by atoms with Gasteiger partial charge in [-0.15, -0.1) is 0 Å². The number of likely N-dealkylation sites (tertiary alicyclic amines) is 1. The van der Waals surface area contributed by atoms with E-state index in [1.165, 1.54) is 29.1 Å². The smallest absolute Gasteiger partial charge is 0.225 e. The van der Waals surface area contributed by atoms with Crippen LogP contribution < -0.4 is 0 Å². The lowest BCUT2D eigenvalue weighted by molar-refractivity contribution is -0.140. The number of rotatable bonds is 5.